The van der Waals surface area contributed by atoms with Gasteiger partial charge in [-0.3, -0.25) is 0 Å². The van der Waals surface area contributed by atoms with E-state index >= 15 is 0 Å². The van der Waals surface area contributed by atoms with E-state index in [1.165, 1.54) is 6.42 Å². The highest BCUT2D eigenvalue weighted by atomic mass is 32.2. The van der Waals surface area contributed by atoms with Gasteiger partial charge in [0.05, 0.1) is 10.00 Å². The first-order valence-electron chi connectivity index (χ1n) is 5.56. The van der Waals surface area contributed by atoms with Gasteiger partial charge in [0.25, 0.3) is 0 Å². The lowest BCUT2D eigenvalue weighted by Crippen LogP contribution is -2.39. The van der Waals surface area contributed by atoms with Crippen molar-refractivity contribution in [2.75, 3.05) is 6.54 Å². The number of nitrogens with two attached hydrogens (primary N) is 1. The number of sulfone groups is 1. The fraction of sp³-hybridized carbons (Fsp3) is 1.00. The normalized spacial score (nSPS) is 27.5. The highest BCUT2D eigenvalue weighted by Gasteiger charge is 2.55. The molecule has 82 valence electrons. The highest BCUT2D eigenvalue weighted by molar-refractivity contribution is 7.93. The van der Waals surface area contributed by atoms with Crippen molar-refractivity contribution >= 4 is 9.84 Å². The monoisotopic (exact) mass is 217 g/mol. The Morgan fingerprint density at radius 1 is 1.14 bits per heavy atom. The SMILES string of the molecule is NCC1(S(=O)(=O)C2CCCCC2)CC1. The molecule has 3 nitrogen and oxygen atoms in total. The third-order valence-corrected chi connectivity index (χ3v) is 6.91. The van der Waals surface area contributed by atoms with Gasteiger partial charge < -0.3 is 5.73 Å². The van der Waals surface area contributed by atoms with Gasteiger partial charge in [0.2, 0.25) is 0 Å². The smallest absolute Gasteiger partial charge is 0.160 e. The maximum Gasteiger partial charge on any atom is 0.160 e. The average molecular weight is 217 g/mol. The van der Waals surface area contributed by atoms with Crippen LogP contribution in [0.5, 0.6) is 0 Å². The van der Waals surface area contributed by atoms with E-state index in [0.29, 0.717) is 6.54 Å². The van der Waals surface area contributed by atoms with Crippen molar-refractivity contribution in [2.24, 2.45) is 5.73 Å². The molecule has 4 heteroatoms. The van der Waals surface area contributed by atoms with E-state index in [2.05, 4.69) is 0 Å². The summed E-state index contributed by atoms with van der Waals surface area (Å²) in [6.45, 7) is 0.325. The van der Waals surface area contributed by atoms with E-state index in [4.69, 9.17) is 5.73 Å². The molecule has 0 aromatic carbocycles. The second-order valence-electron chi connectivity index (χ2n) is 4.69. The molecule has 0 amide bonds. The van der Waals surface area contributed by atoms with Crippen LogP contribution in [0.25, 0.3) is 0 Å². The molecule has 0 bridgehead atoms. The predicted molar refractivity (Wildman–Crippen MR) is 56.8 cm³/mol. The Morgan fingerprint density at radius 2 is 1.71 bits per heavy atom. The molecule has 0 radical (unpaired) electrons. The number of hydrogen-bond acceptors (Lipinski definition) is 3. The van der Waals surface area contributed by atoms with Gasteiger partial charge >= 0.3 is 0 Å². The molecular weight excluding hydrogens is 198 g/mol. The minimum absolute atomic E-state index is 0.0812. The highest BCUT2D eigenvalue weighted by Crippen LogP contribution is 2.46. The largest absolute Gasteiger partial charge is 0.329 e. The Hall–Kier alpha value is -0.0900. The van der Waals surface area contributed by atoms with Gasteiger partial charge in [0.1, 0.15) is 0 Å². The summed E-state index contributed by atoms with van der Waals surface area (Å²) < 4.78 is 23.9. The number of hydrogen-bond donors (Lipinski definition) is 1. The zero-order valence-electron chi connectivity index (χ0n) is 8.54. The summed E-state index contributed by atoms with van der Waals surface area (Å²) in [5, 5.41) is -0.0812. The lowest BCUT2D eigenvalue weighted by molar-refractivity contribution is 0.476. The third kappa shape index (κ3) is 1.48. The summed E-state index contributed by atoms with van der Waals surface area (Å²) in [5.74, 6) is 0. The van der Waals surface area contributed by atoms with Crippen LogP contribution < -0.4 is 5.73 Å². The fourth-order valence-corrected chi connectivity index (χ4v) is 5.04. The Bertz CT molecular complexity index is 300. The van der Waals surface area contributed by atoms with Crippen LogP contribution in [0.4, 0.5) is 0 Å². The third-order valence-electron chi connectivity index (χ3n) is 3.77. The van der Waals surface area contributed by atoms with Crippen LogP contribution in [0, 0.1) is 0 Å². The zero-order chi connectivity index (χ0) is 10.2. The van der Waals surface area contributed by atoms with Crippen LogP contribution in [0.15, 0.2) is 0 Å². The first-order chi connectivity index (χ1) is 6.62. The summed E-state index contributed by atoms with van der Waals surface area (Å²) in [5.41, 5.74) is 5.58. The Kier molecular flexibility index (Phi) is 2.60. The van der Waals surface area contributed by atoms with Gasteiger partial charge in [-0.05, 0) is 25.7 Å². The summed E-state index contributed by atoms with van der Waals surface area (Å²) in [6, 6.07) is 0. The summed E-state index contributed by atoms with van der Waals surface area (Å²) in [7, 11) is -2.93. The molecule has 0 spiro atoms. The van der Waals surface area contributed by atoms with Crippen molar-refractivity contribution in [3.63, 3.8) is 0 Å². The molecule has 2 aliphatic carbocycles. The first kappa shape index (κ1) is 10.4. The average Bonchev–Trinajstić information content (AvgIpc) is 3.00. The van der Waals surface area contributed by atoms with E-state index in [0.717, 1.165) is 38.5 Å². The summed E-state index contributed by atoms with van der Waals surface area (Å²) in [4.78, 5) is 0. The van der Waals surface area contributed by atoms with Gasteiger partial charge in [-0.1, -0.05) is 19.3 Å². The molecule has 0 atom stereocenters. The fourth-order valence-electron chi connectivity index (χ4n) is 2.47. The van der Waals surface area contributed by atoms with E-state index in [-0.39, 0.29) is 5.25 Å². The lowest BCUT2D eigenvalue weighted by atomic mass is 10.0. The molecule has 0 heterocycles. The lowest BCUT2D eigenvalue weighted by Gasteiger charge is -2.26. The standard InChI is InChI=1S/C10H19NO2S/c11-8-10(6-7-10)14(12,13)9-4-2-1-3-5-9/h9H,1-8,11H2. The van der Waals surface area contributed by atoms with Crippen molar-refractivity contribution in [1.82, 2.24) is 0 Å². The molecule has 2 aliphatic rings. The Labute approximate surface area is 86.0 Å². The minimum atomic E-state index is -2.93. The Balaban J connectivity index is 2.15. The van der Waals surface area contributed by atoms with Crippen LogP contribution in [0.2, 0.25) is 0 Å². The maximum absolute atomic E-state index is 12.2. The molecule has 2 fully saturated rings. The molecule has 0 aliphatic heterocycles. The molecular formula is C10H19NO2S. The zero-order valence-corrected chi connectivity index (χ0v) is 9.35. The second-order valence-corrected chi connectivity index (χ2v) is 7.31. The van der Waals surface area contributed by atoms with Gasteiger partial charge in [0, 0.05) is 6.54 Å². The molecule has 2 rings (SSSR count). The quantitative estimate of drug-likeness (QED) is 0.773. The molecule has 2 saturated carbocycles. The predicted octanol–water partition coefficient (Wildman–Crippen LogP) is 1.23. The Morgan fingerprint density at radius 3 is 2.14 bits per heavy atom. The maximum atomic E-state index is 12.2. The summed E-state index contributed by atoms with van der Waals surface area (Å²) in [6.07, 6.45) is 6.66. The van der Waals surface area contributed by atoms with E-state index < -0.39 is 14.6 Å². The topological polar surface area (TPSA) is 60.2 Å². The molecule has 14 heavy (non-hydrogen) atoms. The summed E-state index contributed by atoms with van der Waals surface area (Å²) >= 11 is 0. The van der Waals surface area contributed by atoms with Crippen LogP contribution in [0.1, 0.15) is 44.9 Å². The molecule has 2 N–H and O–H groups in total. The van der Waals surface area contributed by atoms with E-state index in [1.807, 2.05) is 0 Å². The first-order valence-corrected chi connectivity index (χ1v) is 7.10. The van der Waals surface area contributed by atoms with Crippen LogP contribution in [-0.2, 0) is 9.84 Å². The minimum Gasteiger partial charge on any atom is -0.329 e. The van der Waals surface area contributed by atoms with Crippen LogP contribution in [-0.4, -0.2) is 25.0 Å². The van der Waals surface area contributed by atoms with Gasteiger partial charge in [0.15, 0.2) is 9.84 Å². The van der Waals surface area contributed by atoms with E-state index in [1.54, 1.807) is 0 Å². The van der Waals surface area contributed by atoms with Crippen molar-refractivity contribution < 1.29 is 8.42 Å². The van der Waals surface area contributed by atoms with E-state index in [9.17, 15) is 8.42 Å². The van der Waals surface area contributed by atoms with Crippen LogP contribution >= 0.6 is 0 Å². The van der Waals surface area contributed by atoms with Gasteiger partial charge in [-0.2, -0.15) is 0 Å². The van der Waals surface area contributed by atoms with Crippen molar-refractivity contribution in [3.8, 4) is 0 Å². The molecule has 0 aromatic heterocycles. The molecule has 0 saturated heterocycles. The van der Waals surface area contributed by atoms with Crippen molar-refractivity contribution in [1.29, 1.82) is 0 Å². The van der Waals surface area contributed by atoms with Gasteiger partial charge in [-0.15, -0.1) is 0 Å². The van der Waals surface area contributed by atoms with Crippen molar-refractivity contribution in [2.45, 2.75) is 54.9 Å². The second kappa shape index (κ2) is 3.49. The molecule has 0 aromatic rings. The van der Waals surface area contributed by atoms with Gasteiger partial charge in [-0.25, -0.2) is 8.42 Å². The van der Waals surface area contributed by atoms with Crippen molar-refractivity contribution in [3.05, 3.63) is 0 Å². The van der Waals surface area contributed by atoms with Crippen LogP contribution in [0.3, 0.4) is 0 Å². The number of rotatable bonds is 3. The molecule has 0 unspecified atom stereocenters.